The Kier molecular flexibility index (Phi) is 7.52. The van der Waals surface area contributed by atoms with Crippen LogP contribution in [-0.2, 0) is 4.79 Å². The van der Waals surface area contributed by atoms with Gasteiger partial charge in [0, 0.05) is 10.6 Å². The second-order valence-electron chi connectivity index (χ2n) is 6.30. The van der Waals surface area contributed by atoms with Gasteiger partial charge in [0.25, 0.3) is 11.8 Å². The minimum atomic E-state index is -0.898. The Morgan fingerprint density at radius 3 is 2.57 bits per heavy atom. The fraction of sp³-hybridized carbons (Fsp3) is 0.250. The fourth-order valence-electron chi connectivity index (χ4n) is 2.44. The van der Waals surface area contributed by atoms with E-state index in [0.29, 0.717) is 16.3 Å². The van der Waals surface area contributed by atoms with E-state index in [9.17, 15) is 14.0 Å². The number of hydrogen-bond acceptors (Lipinski definition) is 4. The molecule has 28 heavy (non-hydrogen) atoms. The van der Waals surface area contributed by atoms with Crippen molar-refractivity contribution in [2.75, 3.05) is 7.11 Å². The summed E-state index contributed by atoms with van der Waals surface area (Å²) >= 11 is 5.95. The van der Waals surface area contributed by atoms with Crippen LogP contribution in [0.1, 0.15) is 29.8 Å². The minimum absolute atomic E-state index is 0.131. The van der Waals surface area contributed by atoms with Gasteiger partial charge in [-0.1, -0.05) is 37.6 Å². The van der Waals surface area contributed by atoms with Gasteiger partial charge in [0.1, 0.15) is 17.6 Å². The first-order valence-corrected chi connectivity index (χ1v) is 8.93. The molecule has 0 saturated heterocycles. The quantitative estimate of drug-likeness (QED) is 0.547. The third-order valence-corrected chi connectivity index (χ3v) is 4.16. The van der Waals surface area contributed by atoms with E-state index in [-0.39, 0.29) is 11.5 Å². The highest BCUT2D eigenvalue weighted by Gasteiger charge is 2.25. The number of benzene rings is 2. The highest BCUT2D eigenvalue weighted by atomic mass is 35.5. The summed E-state index contributed by atoms with van der Waals surface area (Å²) in [6.45, 7) is 3.52. The number of rotatable bonds is 7. The molecule has 0 radical (unpaired) electrons. The van der Waals surface area contributed by atoms with Crippen LogP contribution in [0.2, 0.25) is 5.02 Å². The van der Waals surface area contributed by atoms with E-state index < -0.39 is 23.7 Å². The molecule has 0 spiro atoms. The molecule has 0 fully saturated rings. The van der Waals surface area contributed by atoms with Gasteiger partial charge in [-0.2, -0.15) is 5.10 Å². The number of nitrogens with zero attached hydrogens (tertiary/aromatic N) is 1. The van der Waals surface area contributed by atoms with Gasteiger partial charge in [0.05, 0.1) is 18.9 Å². The zero-order valence-corrected chi connectivity index (χ0v) is 16.5. The first-order valence-electron chi connectivity index (χ1n) is 8.55. The molecule has 0 saturated carbocycles. The summed E-state index contributed by atoms with van der Waals surface area (Å²) in [7, 11) is 1.51. The van der Waals surface area contributed by atoms with Gasteiger partial charge in [0.15, 0.2) is 0 Å². The van der Waals surface area contributed by atoms with Gasteiger partial charge in [-0.15, -0.1) is 0 Å². The van der Waals surface area contributed by atoms with Crippen LogP contribution in [0.4, 0.5) is 4.39 Å². The molecular weight excluding hydrogens is 385 g/mol. The van der Waals surface area contributed by atoms with E-state index in [1.165, 1.54) is 31.5 Å². The number of hydrazone groups is 1. The van der Waals surface area contributed by atoms with E-state index in [4.69, 9.17) is 16.3 Å². The lowest BCUT2D eigenvalue weighted by molar-refractivity contribution is -0.123. The zero-order valence-electron chi connectivity index (χ0n) is 15.7. The molecule has 0 heterocycles. The van der Waals surface area contributed by atoms with Crippen LogP contribution in [0, 0.1) is 11.7 Å². The number of amides is 2. The monoisotopic (exact) mass is 405 g/mol. The molecule has 2 aromatic rings. The van der Waals surface area contributed by atoms with Crippen molar-refractivity contribution in [1.29, 1.82) is 0 Å². The van der Waals surface area contributed by atoms with Crippen LogP contribution in [0.15, 0.2) is 47.6 Å². The van der Waals surface area contributed by atoms with E-state index >= 15 is 0 Å². The lowest BCUT2D eigenvalue weighted by atomic mass is 10.0. The highest BCUT2D eigenvalue weighted by Crippen LogP contribution is 2.20. The van der Waals surface area contributed by atoms with Crippen molar-refractivity contribution in [3.8, 4) is 5.75 Å². The average Bonchev–Trinajstić information content (AvgIpc) is 2.66. The summed E-state index contributed by atoms with van der Waals surface area (Å²) in [6.07, 6.45) is 1.39. The number of hydrogen-bond donors (Lipinski definition) is 2. The van der Waals surface area contributed by atoms with Gasteiger partial charge >= 0.3 is 0 Å². The Hall–Kier alpha value is -2.93. The molecule has 6 nitrogen and oxygen atoms in total. The molecule has 0 aliphatic rings. The maximum Gasteiger partial charge on any atom is 0.262 e. The van der Waals surface area contributed by atoms with Crippen molar-refractivity contribution in [3.63, 3.8) is 0 Å². The molecule has 0 aromatic heterocycles. The molecule has 1 atom stereocenters. The van der Waals surface area contributed by atoms with Crippen LogP contribution >= 0.6 is 11.6 Å². The van der Waals surface area contributed by atoms with Crippen molar-refractivity contribution in [1.82, 2.24) is 10.7 Å². The fourth-order valence-corrected chi connectivity index (χ4v) is 2.62. The van der Waals surface area contributed by atoms with Gasteiger partial charge in [-0.3, -0.25) is 9.59 Å². The number of halogens is 2. The molecular formula is C20H21ClFN3O3. The predicted octanol–water partition coefficient (Wildman–Crippen LogP) is 3.39. The second kappa shape index (κ2) is 9.85. The van der Waals surface area contributed by atoms with E-state index in [2.05, 4.69) is 15.8 Å². The van der Waals surface area contributed by atoms with E-state index in [1.807, 2.05) is 0 Å². The summed E-state index contributed by atoms with van der Waals surface area (Å²) < 4.78 is 19.0. The van der Waals surface area contributed by atoms with Crippen LogP contribution in [0.3, 0.4) is 0 Å². The van der Waals surface area contributed by atoms with E-state index in [0.717, 1.165) is 0 Å². The number of methoxy groups -OCH3 is 1. The molecule has 0 aliphatic heterocycles. The third-order valence-electron chi connectivity index (χ3n) is 3.92. The van der Waals surface area contributed by atoms with Crippen molar-refractivity contribution >= 4 is 29.6 Å². The Morgan fingerprint density at radius 1 is 1.21 bits per heavy atom. The minimum Gasteiger partial charge on any atom is -0.496 e. The molecule has 2 rings (SSSR count). The zero-order chi connectivity index (χ0) is 20.7. The van der Waals surface area contributed by atoms with Crippen LogP contribution in [0.5, 0.6) is 5.75 Å². The standard InChI is InChI=1S/C20H21ClFN3O3/c1-12(2)18(24-19(26)15-6-4-5-7-16(15)22)20(27)25-23-11-13-10-14(21)8-9-17(13)28-3/h4-12,18H,1-3H3,(H,24,26)(H,25,27). The SMILES string of the molecule is COc1ccc(Cl)cc1C=NNC(=O)C(NC(=O)c1ccccc1F)C(C)C. The molecule has 2 N–H and O–H groups in total. The summed E-state index contributed by atoms with van der Waals surface area (Å²) in [5, 5.41) is 6.94. The average molecular weight is 406 g/mol. The number of nitrogens with one attached hydrogen (secondary N) is 2. The van der Waals surface area contributed by atoms with Gasteiger partial charge in [-0.25, -0.2) is 9.82 Å². The molecule has 0 bridgehead atoms. The largest absolute Gasteiger partial charge is 0.496 e. The van der Waals surface area contributed by atoms with Gasteiger partial charge < -0.3 is 10.1 Å². The van der Waals surface area contributed by atoms with Crippen LogP contribution in [-0.4, -0.2) is 31.2 Å². The summed E-state index contributed by atoms with van der Waals surface area (Å²) in [5.74, 6) is -1.57. The number of ether oxygens (including phenoxy) is 1. The van der Waals surface area contributed by atoms with Crippen molar-refractivity contribution in [2.24, 2.45) is 11.0 Å². The first kappa shape index (κ1) is 21.4. The molecule has 2 amide bonds. The Morgan fingerprint density at radius 2 is 1.93 bits per heavy atom. The van der Waals surface area contributed by atoms with Gasteiger partial charge in [-0.05, 0) is 36.2 Å². The maximum absolute atomic E-state index is 13.8. The lowest BCUT2D eigenvalue weighted by Crippen LogP contribution is -2.48. The summed E-state index contributed by atoms with van der Waals surface area (Å²) in [4.78, 5) is 24.8. The number of carbonyl (C=O) groups is 2. The summed E-state index contributed by atoms with van der Waals surface area (Å²) in [5.41, 5.74) is 2.82. The van der Waals surface area contributed by atoms with E-state index in [1.54, 1.807) is 38.1 Å². The topological polar surface area (TPSA) is 79.8 Å². The lowest BCUT2D eigenvalue weighted by Gasteiger charge is -2.20. The second-order valence-corrected chi connectivity index (χ2v) is 6.73. The van der Waals surface area contributed by atoms with Crippen molar-refractivity contribution in [3.05, 3.63) is 64.4 Å². The number of carbonyl (C=O) groups excluding carboxylic acids is 2. The Bertz CT molecular complexity index is 887. The van der Waals surface area contributed by atoms with Gasteiger partial charge in [0.2, 0.25) is 0 Å². The van der Waals surface area contributed by atoms with Crippen molar-refractivity contribution < 1.29 is 18.7 Å². The summed E-state index contributed by atoms with van der Waals surface area (Å²) in [6, 6.07) is 9.65. The molecule has 148 valence electrons. The third kappa shape index (κ3) is 5.53. The highest BCUT2D eigenvalue weighted by molar-refractivity contribution is 6.30. The van der Waals surface area contributed by atoms with Crippen LogP contribution < -0.4 is 15.5 Å². The smallest absolute Gasteiger partial charge is 0.262 e. The maximum atomic E-state index is 13.8. The molecule has 0 aliphatic carbocycles. The predicted molar refractivity (Wildman–Crippen MR) is 106 cm³/mol. The Labute approximate surface area is 167 Å². The normalized spacial score (nSPS) is 12.1. The van der Waals surface area contributed by atoms with Crippen LogP contribution in [0.25, 0.3) is 0 Å². The Balaban J connectivity index is 2.08. The van der Waals surface area contributed by atoms with Crippen molar-refractivity contribution in [2.45, 2.75) is 19.9 Å². The first-order chi connectivity index (χ1) is 13.3. The molecule has 8 heteroatoms. The molecule has 2 aromatic carbocycles. The molecule has 1 unspecified atom stereocenters.